The maximum atomic E-state index is 13.5. The number of nitrogens with one attached hydrogen (secondary N) is 1. The zero-order valence-corrected chi connectivity index (χ0v) is 18.0. The highest BCUT2D eigenvalue weighted by Crippen LogP contribution is 2.37. The van der Waals surface area contributed by atoms with Gasteiger partial charge < -0.3 is 19.3 Å². The highest BCUT2D eigenvalue weighted by Gasteiger charge is 2.35. The van der Waals surface area contributed by atoms with Crippen molar-refractivity contribution in [3.63, 3.8) is 0 Å². The molecule has 1 aromatic heterocycles. The van der Waals surface area contributed by atoms with Gasteiger partial charge in [-0.25, -0.2) is 9.18 Å². The molecule has 0 saturated heterocycles. The van der Waals surface area contributed by atoms with E-state index in [1.54, 1.807) is 31.3 Å². The van der Waals surface area contributed by atoms with Gasteiger partial charge in [0, 0.05) is 18.4 Å². The lowest BCUT2D eigenvalue weighted by atomic mass is 9.94. The second-order valence-corrected chi connectivity index (χ2v) is 7.23. The number of methoxy groups -OCH3 is 2. The van der Waals surface area contributed by atoms with Crippen molar-refractivity contribution in [2.45, 2.75) is 13.0 Å². The summed E-state index contributed by atoms with van der Waals surface area (Å²) in [6.45, 7) is 2.53. The lowest BCUT2D eigenvalue weighted by molar-refractivity contribution is 0.158. The fourth-order valence-corrected chi connectivity index (χ4v) is 3.61. The van der Waals surface area contributed by atoms with Gasteiger partial charge in [0.1, 0.15) is 11.6 Å². The summed E-state index contributed by atoms with van der Waals surface area (Å²) in [6, 6.07) is 12.4. The van der Waals surface area contributed by atoms with Crippen molar-refractivity contribution in [3.05, 3.63) is 71.5 Å². The molecule has 0 radical (unpaired) electrons. The number of ether oxygens (including phenoxy) is 2. The Kier molecular flexibility index (Phi) is 6.18. The number of hydrogen-bond acceptors (Lipinski definition) is 6. The number of nitrogens with zero attached hydrogens (tertiary/aromatic N) is 3. The molecule has 0 aliphatic carbocycles. The first-order valence-corrected chi connectivity index (χ1v) is 10.0. The number of benzene rings is 2. The van der Waals surface area contributed by atoms with E-state index in [-0.39, 0.29) is 17.7 Å². The Morgan fingerprint density at radius 1 is 1.12 bits per heavy atom. The van der Waals surface area contributed by atoms with Crippen LogP contribution in [0.5, 0.6) is 5.75 Å². The Labute approximate surface area is 184 Å². The average molecular weight is 438 g/mol. The maximum Gasteiger partial charge on any atom is 0.322 e. The van der Waals surface area contributed by atoms with E-state index in [2.05, 4.69) is 15.5 Å². The number of hydrogen-bond donors (Lipinski definition) is 1. The third kappa shape index (κ3) is 4.19. The molecule has 8 nitrogen and oxygen atoms in total. The van der Waals surface area contributed by atoms with Crippen LogP contribution in [0.25, 0.3) is 17.0 Å². The minimum absolute atomic E-state index is 0.269. The average Bonchev–Trinajstić information content (AvgIpc) is 3.29. The van der Waals surface area contributed by atoms with Crippen molar-refractivity contribution < 1.29 is 23.2 Å². The summed E-state index contributed by atoms with van der Waals surface area (Å²) in [6.07, 6.45) is 0. The molecule has 2 aromatic carbocycles. The third-order valence-electron chi connectivity index (χ3n) is 5.32. The summed E-state index contributed by atoms with van der Waals surface area (Å²) in [7, 11) is 3.17. The molecule has 2 amide bonds. The number of aromatic nitrogens is 2. The molecule has 9 heteroatoms. The second-order valence-electron chi connectivity index (χ2n) is 7.23. The van der Waals surface area contributed by atoms with E-state index in [0.29, 0.717) is 35.8 Å². The van der Waals surface area contributed by atoms with Gasteiger partial charge >= 0.3 is 6.03 Å². The van der Waals surface area contributed by atoms with Crippen LogP contribution in [0.15, 0.2) is 58.8 Å². The zero-order chi connectivity index (χ0) is 22.7. The number of amides is 2. The van der Waals surface area contributed by atoms with Crippen LogP contribution >= 0.6 is 0 Å². The van der Waals surface area contributed by atoms with Crippen molar-refractivity contribution in [1.82, 2.24) is 20.4 Å². The van der Waals surface area contributed by atoms with Gasteiger partial charge in [-0.1, -0.05) is 17.3 Å². The van der Waals surface area contributed by atoms with E-state index >= 15 is 0 Å². The van der Waals surface area contributed by atoms with Gasteiger partial charge in [0.25, 0.3) is 5.89 Å². The maximum absolute atomic E-state index is 13.5. The fourth-order valence-electron chi connectivity index (χ4n) is 3.61. The number of rotatable bonds is 7. The van der Waals surface area contributed by atoms with Crippen LogP contribution < -0.4 is 10.1 Å². The third-order valence-corrected chi connectivity index (χ3v) is 5.32. The quantitative estimate of drug-likeness (QED) is 0.599. The molecule has 0 bridgehead atoms. The minimum Gasteiger partial charge on any atom is -0.497 e. The Balaban J connectivity index is 1.76. The van der Waals surface area contributed by atoms with Crippen molar-refractivity contribution in [2.75, 3.05) is 27.4 Å². The summed E-state index contributed by atoms with van der Waals surface area (Å²) in [4.78, 5) is 18.9. The molecular formula is C23H23FN4O4. The number of urea groups is 1. The molecule has 32 heavy (non-hydrogen) atoms. The molecule has 1 aliphatic rings. The van der Waals surface area contributed by atoms with Gasteiger partial charge in [0.05, 0.1) is 31.9 Å². The zero-order valence-electron chi connectivity index (χ0n) is 18.0. The van der Waals surface area contributed by atoms with Gasteiger partial charge in [-0.2, -0.15) is 4.98 Å². The Bertz CT molecular complexity index is 1130. The number of carbonyl (C=O) groups is 1. The van der Waals surface area contributed by atoms with Crippen LogP contribution in [0.3, 0.4) is 0 Å². The molecule has 3 aromatic rings. The van der Waals surface area contributed by atoms with E-state index in [1.807, 2.05) is 31.2 Å². The summed E-state index contributed by atoms with van der Waals surface area (Å²) < 4.78 is 29.4. The smallest absolute Gasteiger partial charge is 0.322 e. The van der Waals surface area contributed by atoms with Crippen LogP contribution in [0.1, 0.15) is 24.4 Å². The van der Waals surface area contributed by atoms with Crippen LogP contribution in [-0.2, 0) is 4.74 Å². The Morgan fingerprint density at radius 3 is 2.50 bits per heavy atom. The molecule has 0 spiro atoms. The SMILES string of the molecule is COCCN1C(=O)NC(c2ccc(F)cc2)C(c2nc(-c3ccc(OC)cc3)no2)=C1C. The molecule has 1 aliphatic heterocycles. The summed E-state index contributed by atoms with van der Waals surface area (Å²) in [5, 5.41) is 7.08. The molecule has 1 N–H and O–H groups in total. The van der Waals surface area contributed by atoms with E-state index < -0.39 is 6.04 Å². The number of halogens is 1. The number of allylic oxidation sites excluding steroid dienone is 1. The van der Waals surface area contributed by atoms with Crippen molar-refractivity contribution >= 4 is 11.6 Å². The van der Waals surface area contributed by atoms with E-state index in [4.69, 9.17) is 14.0 Å². The lowest BCUT2D eigenvalue weighted by Gasteiger charge is -2.35. The monoisotopic (exact) mass is 438 g/mol. The van der Waals surface area contributed by atoms with Crippen LogP contribution in [0.4, 0.5) is 9.18 Å². The first-order valence-electron chi connectivity index (χ1n) is 10.0. The van der Waals surface area contributed by atoms with E-state index in [9.17, 15) is 9.18 Å². The summed E-state index contributed by atoms with van der Waals surface area (Å²) in [5.74, 6) is 1.03. The molecule has 1 atom stereocenters. The standard InChI is InChI=1S/C23H23FN4O4/c1-14-19(22-26-21(27-32-22)16-6-10-18(31-3)11-7-16)20(15-4-8-17(24)9-5-15)25-23(29)28(14)12-13-30-2/h4-11,20H,12-13H2,1-3H3,(H,25,29). The Morgan fingerprint density at radius 2 is 1.84 bits per heavy atom. The molecule has 0 fully saturated rings. The van der Waals surface area contributed by atoms with E-state index in [0.717, 1.165) is 11.3 Å². The van der Waals surface area contributed by atoms with Crippen molar-refractivity contribution in [2.24, 2.45) is 0 Å². The highest BCUT2D eigenvalue weighted by atomic mass is 19.1. The minimum atomic E-state index is -0.578. The topological polar surface area (TPSA) is 89.7 Å². The van der Waals surface area contributed by atoms with E-state index in [1.165, 1.54) is 12.1 Å². The van der Waals surface area contributed by atoms with Crippen molar-refractivity contribution in [1.29, 1.82) is 0 Å². The molecule has 166 valence electrons. The first kappa shape index (κ1) is 21.5. The highest BCUT2D eigenvalue weighted by molar-refractivity contribution is 5.86. The van der Waals surface area contributed by atoms with Crippen LogP contribution in [0.2, 0.25) is 0 Å². The Hall–Kier alpha value is -3.72. The second kappa shape index (κ2) is 9.19. The first-order chi connectivity index (χ1) is 15.5. The van der Waals surface area contributed by atoms with Gasteiger partial charge in [0.15, 0.2) is 0 Å². The van der Waals surface area contributed by atoms with Gasteiger partial charge in [-0.3, -0.25) is 4.90 Å². The predicted octanol–water partition coefficient (Wildman–Crippen LogP) is 4.03. The normalized spacial score (nSPS) is 16.3. The van der Waals surface area contributed by atoms with Crippen LogP contribution in [0, 0.1) is 5.82 Å². The summed E-state index contributed by atoms with van der Waals surface area (Å²) in [5.41, 5.74) is 2.75. The van der Waals surface area contributed by atoms with Gasteiger partial charge in [-0.05, 0) is 48.9 Å². The molecule has 4 rings (SSSR count). The molecule has 1 unspecified atom stereocenters. The largest absolute Gasteiger partial charge is 0.497 e. The summed E-state index contributed by atoms with van der Waals surface area (Å²) >= 11 is 0. The predicted molar refractivity (Wildman–Crippen MR) is 115 cm³/mol. The van der Waals surface area contributed by atoms with Gasteiger partial charge in [0.2, 0.25) is 5.82 Å². The molecule has 2 heterocycles. The van der Waals surface area contributed by atoms with Crippen LogP contribution in [-0.4, -0.2) is 48.4 Å². The van der Waals surface area contributed by atoms with Gasteiger partial charge in [-0.15, -0.1) is 0 Å². The molecule has 0 saturated carbocycles. The molecular weight excluding hydrogens is 415 g/mol. The number of carbonyl (C=O) groups excluding carboxylic acids is 1. The fraction of sp³-hybridized carbons (Fsp3) is 0.261. The van der Waals surface area contributed by atoms with Crippen molar-refractivity contribution in [3.8, 4) is 17.1 Å². The lowest BCUT2D eigenvalue weighted by Crippen LogP contribution is -2.47.